The van der Waals surface area contributed by atoms with Crippen molar-refractivity contribution >= 4 is 33.9 Å². The van der Waals surface area contributed by atoms with Crippen LogP contribution in [0.25, 0.3) is 10.6 Å². The van der Waals surface area contributed by atoms with Gasteiger partial charge in [-0.2, -0.15) is 0 Å². The topological polar surface area (TPSA) is 112 Å². The molecule has 0 spiro atoms. The highest BCUT2D eigenvalue weighted by atomic mass is 32.1. The molecule has 10 nitrogen and oxygen atoms in total. The minimum atomic E-state index is -0.498. The predicted octanol–water partition coefficient (Wildman–Crippen LogP) is 2.36. The second kappa shape index (κ2) is 11.5. The third-order valence-electron chi connectivity index (χ3n) is 5.48. The predicted molar refractivity (Wildman–Crippen MR) is 131 cm³/mol. The van der Waals surface area contributed by atoms with Gasteiger partial charge in [0.25, 0.3) is 0 Å². The zero-order valence-electron chi connectivity index (χ0n) is 19.3. The van der Waals surface area contributed by atoms with Crippen LogP contribution in [0.1, 0.15) is 5.69 Å². The summed E-state index contributed by atoms with van der Waals surface area (Å²) in [5, 5.41) is 15.5. The van der Waals surface area contributed by atoms with E-state index in [0.29, 0.717) is 34.7 Å². The van der Waals surface area contributed by atoms with Gasteiger partial charge in [-0.05, 0) is 19.1 Å². The average Bonchev–Trinajstić information content (AvgIpc) is 3.24. The molecule has 0 aromatic carbocycles. The lowest BCUT2D eigenvalue weighted by molar-refractivity contribution is 0.0724. The van der Waals surface area contributed by atoms with Gasteiger partial charge in [0.1, 0.15) is 11.5 Å². The van der Waals surface area contributed by atoms with Gasteiger partial charge in [-0.25, -0.2) is 24.3 Å². The van der Waals surface area contributed by atoms with Gasteiger partial charge < -0.3 is 25.4 Å². The molecule has 3 aromatic rings. The van der Waals surface area contributed by atoms with Crippen LogP contribution in [0.2, 0.25) is 0 Å². The van der Waals surface area contributed by atoms with Crippen molar-refractivity contribution in [1.82, 2.24) is 24.8 Å². The summed E-state index contributed by atoms with van der Waals surface area (Å²) in [6.45, 7) is 7.47. The number of aliphatic hydroxyl groups excluding tert-OH is 1. The summed E-state index contributed by atoms with van der Waals surface area (Å²) in [5.41, 5.74) is 1.96. The number of pyridine rings is 1. The maximum atomic E-state index is 14.4. The summed E-state index contributed by atoms with van der Waals surface area (Å²) < 4.78 is 19.8. The number of aromatic nitrogens is 4. The van der Waals surface area contributed by atoms with E-state index in [0.717, 1.165) is 44.6 Å². The third-order valence-corrected chi connectivity index (χ3v) is 6.66. The van der Waals surface area contributed by atoms with Crippen molar-refractivity contribution in [2.24, 2.45) is 0 Å². The van der Waals surface area contributed by atoms with E-state index in [-0.39, 0.29) is 18.2 Å². The molecular formula is C22H29FN8O2S. The Hall–Kier alpha value is -2.93. The van der Waals surface area contributed by atoms with Crippen molar-refractivity contribution in [3.05, 3.63) is 36.0 Å². The molecule has 3 aromatic heterocycles. The van der Waals surface area contributed by atoms with Crippen molar-refractivity contribution in [3.63, 3.8) is 0 Å². The number of aliphatic hydroxyl groups is 1. The summed E-state index contributed by atoms with van der Waals surface area (Å²) in [4.78, 5) is 22.6. The fourth-order valence-electron chi connectivity index (χ4n) is 3.66. The Labute approximate surface area is 201 Å². The first kappa shape index (κ1) is 24.2. The molecule has 0 amide bonds. The van der Waals surface area contributed by atoms with Gasteiger partial charge in [0.2, 0.25) is 5.95 Å². The number of aryl methyl sites for hydroxylation is 1. The van der Waals surface area contributed by atoms with E-state index >= 15 is 0 Å². The van der Waals surface area contributed by atoms with Gasteiger partial charge in [0.05, 0.1) is 48.5 Å². The van der Waals surface area contributed by atoms with Crippen molar-refractivity contribution in [1.29, 1.82) is 0 Å². The number of hydrogen-bond donors (Lipinski definition) is 3. The lowest BCUT2D eigenvalue weighted by atomic mass is 10.2. The number of hydrogen-bond acceptors (Lipinski definition) is 11. The minimum Gasteiger partial charge on any atom is -0.394 e. The van der Waals surface area contributed by atoms with Gasteiger partial charge in [0, 0.05) is 39.8 Å². The Bertz CT molecular complexity index is 1070. The highest BCUT2D eigenvalue weighted by Crippen LogP contribution is 2.33. The highest BCUT2D eigenvalue weighted by molar-refractivity contribution is 7.19. The number of ether oxygens (including phenoxy) is 1. The number of nitrogens with one attached hydrogen (secondary N) is 2. The number of piperazine rings is 1. The van der Waals surface area contributed by atoms with Crippen LogP contribution in [0.15, 0.2) is 24.5 Å². The molecule has 0 saturated carbocycles. The largest absolute Gasteiger partial charge is 0.394 e. The summed E-state index contributed by atoms with van der Waals surface area (Å²) in [6, 6.07) is 3.88. The lowest BCUT2D eigenvalue weighted by Gasteiger charge is -2.35. The fourth-order valence-corrected chi connectivity index (χ4v) is 4.57. The van der Waals surface area contributed by atoms with E-state index in [2.05, 4.69) is 40.4 Å². The molecule has 0 atom stereocenters. The van der Waals surface area contributed by atoms with Crippen LogP contribution < -0.4 is 15.5 Å². The molecule has 1 saturated heterocycles. The van der Waals surface area contributed by atoms with E-state index in [9.17, 15) is 4.39 Å². The molecule has 4 heterocycles. The summed E-state index contributed by atoms with van der Waals surface area (Å²) in [5.74, 6) is 0.354. The zero-order valence-corrected chi connectivity index (χ0v) is 20.1. The van der Waals surface area contributed by atoms with E-state index < -0.39 is 5.82 Å². The third kappa shape index (κ3) is 5.95. The van der Waals surface area contributed by atoms with Crippen LogP contribution in [-0.4, -0.2) is 89.5 Å². The van der Waals surface area contributed by atoms with Crippen molar-refractivity contribution < 1.29 is 14.2 Å². The van der Waals surface area contributed by atoms with E-state index in [1.165, 1.54) is 11.3 Å². The smallest absolute Gasteiger partial charge is 0.229 e. The molecule has 0 bridgehead atoms. The molecule has 4 rings (SSSR count). The summed E-state index contributed by atoms with van der Waals surface area (Å²) in [7, 11) is 1.77. The molecule has 3 N–H and O–H groups in total. The van der Waals surface area contributed by atoms with Gasteiger partial charge in [0.15, 0.2) is 10.9 Å². The van der Waals surface area contributed by atoms with Crippen LogP contribution >= 0.6 is 11.3 Å². The second-order valence-electron chi connectivity index (χ2n) is 7.77. The lowest BCUT2D eigenvalue weighted by Crippen LogP contribution is -2.47. The van der Waals surface area contributed by atoms with Crippen LogP contribution in [0.4, 0.5) is 27.0 Å². The fraction of sp³-hybridized carbons (Fsp3) is 0.455. The molecule has 0 aliphatic carbocycles. The maximum absolute atomic E-state index is 14.4. The normalized spacial score (nSPS) is 14.4. The van der Waals surface area contributed by atoms with E-state index in [1.807, 2.05) is 25.3 Å². The van der Waals surface area contributed by atoms with Gasteiger partial charge in [-0.3, -0.25) is 4.90 Å². The number of anilines is 4. The van der Waals surface area contributed by atoms with Gasteiger partial charge in [-0.15, -0.1) is 0 Å². The molecule has 1 aliphatic rings. The molecule has 34 heavy (non-hydrogen) atoms. The number of halogens is 1. The van der Waals surface area contributed by atoms with E-state index in [1.54, 1.807) is 7.05 Å². The zero-order chi connectivity index (χ0) is 23.9. The van der Waals surface area contributed by atoms with Crippen molar-refractivity contribution in [3.8, 4) is 10.6 Å². The first-order chi connectivity index (χ1) is 16.6. The Morgan fingerprint density at radius 3 is 2.62 bits per heavy atom. The summed E-state index contributed by atoms with van der Waals surface area (Å²) >= 11 is 1.34. The maximum Gasteiger partial charge on any atom is 0.229 e. The Morgan fingerprint density at radius 1 is 1.12 bits per heavy atom. The van der Waals surface area contributed by atoms with Crippen LogP contribution in [0.3, 0.4) is 0 Å². The molecule has 1 fully saturated rings. The second-order valence-corrected chi connectivity index (χ2v) is 8.76. The molecule has 182 valence electrons. The molecule has 0 radical (unpaired) electrons. The standard InChI is InChI=1S/C22H29FN8O2S/c1-15-20(34-22(24-2)27-15)19-17(23)14-26-21(29-19)28-18-4-3-16(13-25-18)31-7-5-30(6-8-31)9-11-33-12-10-32/h3-4,13-14,32H,5-12H2,1-2H3,(H,24,27)(H,25,26,28,29). The minimum absolute atomic E-state index is 0.0589. The molecular weight excluding hydrogens is 459 g/mol. The Morgan fingerprint density at radius 2 is 1.94 bits per heavy atom. The summed E-state index contributed by atoms with van der Waals surface area (Å²) in [6.07, 6.45) is 2.98. The number of thiazole rings is 1. The number of rotatable bonds is 10. The first-order valence-electron chi connectivity index (χ1n) is 11.1. The SMILES string of the molecule is CNc1nc(C)c(-c2nc(Nc3ccc(N4CCN(CCOCCO)CC4)cn3)ncc2F)s1. The van der Waals surface area contributed by atoms with Crippen molar-refractivity contribution in [2.45, 2.75) is 6.92 Å². The van der Waals surface area contributed by atoms with Crippen molar-refractivity contribution in [2.75, 3.05) is 75.1 Å². The Kier molecular flexibility index (Phi) is 8.16. The van der Waals surface area contributed by atoms with Crippen LogP contribution in [0.5, 0.6) is 0 Å². The van der Waals surface area contributed by atoms with Gasteiger partial charge >= 0.3 is 0 Å². The monoisotopic (exact) mass is 488 g/mol. The van der Waals surface area contributed by atoms with Crippen LogP contribution in [0, 0.1) is 12.7 Å². The molecule has 1 aliphatic heterocycles. The van der Waals surface area contributed by atoms with E-state index in [4.69, 9.17) is 9.84 Å². The Balaban J connectivity index is 1.36. The average molecular weight is 489 g/mol. The quantitative estimate of drug-likeness (QED) is 0.368. The number of nitrogens with zero attached hydrogens (tertiary/aromatic N) is 6. The van der Waals surface area contributed by atoms with Gasteiger partial charge in [-0.1, -0.05) is 11.3 Å². The highest BCUT2D eigenvalue weighted by Gasteiger charge is 2.18. The molecule has 12 heteroatoms. The molecule has 0 unspecified atom stereocenters. The first-order valence-corrected chi connectivity index (χ1v) is 12.0. The van der Waals surface area contributed by atoms with Crippen LogP contribution in [-0.2, 0) is 4.74 Å².